The van der Waals surface area contributed by atoms with Crippen LogP contribution in [0.3, 0.4) is 0 Å². The van der Waals surface area contributed by atoms with E-state index < -0.39 is 0 Å². The lowest BCUT2D eigenvalue weighted by molar-refractivity contribution is 0.590. The molecule has 3 N–H and O–H groups in total. The lowest BCUT2D eigenvalue weighted by Gasteiger charge is -2.19. The van der Waals surface area contributed by atoms with E-state index in [2.05, 4.69) is 370 Å². The Kier molecular flexibility index (Phi) is 19.0. The first-order valence-electron chi connectivity index (χ1n) is 31.2. The second-order valence-electron chi connectivity index (χ2n) is 23.6. The van der Waals surface area contributed by atoms with Crippen molar-refractivity contribution >= 4 is 34.1 Å². The quantitative estimate of drug-likeness (QED) is 0.102. The molecule has 0 unspecified atom stereocenters. The summed E-state index contributed by atoms with van der Waals surface area (Å²) in [7, 11) is 0. The Morgan fingerprint density at radius 2 is 0.319 bits per heavy atom. The van der Waals surface area contributed by atoms with Crippen LogP contribution in [0.1, 0.15) is 26.3 Å². The first kappa shape index (κ1) is 59.8. The molecule has 0 aliphatic carbocycles. The van der Waals surface area contributed by atoms with Gasteiger partial charge >= 0.3 is 0 Å². The number of hydrogen-bond acceptors (Lipinski definition) is 3. The first-order chi connectivity index (χ1) is 44.7. The van der Waals surface area contributed by atoms with Crippen molar-refractivity contribution in [1.82, 2.24) is 0 Å². The maximum absolute atomic E-state index is 3.55. The standard InChI is InChI=1S/C36H27N.C28H27N.C24H19N/c1-3-11-27(12-4-1)33-15-7-9-17-35(33)29-19-23-31(24-20-29)37-32-25-21-30(22-26-32)36-18-10-8-16-34(36)28-13-5-2-6-14-28;1-28(2,3)25-17-13-23(14-18-25)21-9-11-22(12-10-21)24-15-19-27(20-16-24)29-26-7-5-4-6-8-26;1-3-9-19(10-4-1)23-13-7-8-14-24(23)20-15-17-22(18-16-20)25-21-11-5-2-6-12-21/h1-26,37H;4-20,29H,1-3H3;1-18,25H. The van der Waals surface area contributed by atoms with Crippen molar-refractivity contribution in [2.24, 2.45) is 0 Å². The van der Waals surface area contributed by atoms with Crippen LogP contribution in [0.25, 0.3) is 89.0 Å². The van der Waals surface area contributed by atoms with Gasteiger partial charge in [-0.1, -0.05) is 318 Å². The minimum Gasteiger partial charge on any atom is -0.356 e. The van der Waals surface area contributed by atoms with Crippen LogP contribution in [-0.4, -0.2) is 0 Å². The van der Waals surface area contributed by atoms with E-state index in [1.54, 1.807) is 0 Å². The number of nitrogens with one attached hydrogen (secondary N) is 3. The average molecular weight is 1170 g/mol. The third-order valence-corrected chi connectivity index (χ3v) is 16.2. The fraction of sp³-hybridized carbons (Fsp3) is 0.0455. The van der Waals surface area contributed by atoms with E-state index >= 15 is 0 Å². The fourth-order valence-corrected chi connectivity index (χ4v) is 11.3. The van der Waals surface area contributed by atoms with Gasteiger partial charge in [0.05, 0.1) is 0 Å². The molecular weight excluding hydrogens is 1100 g/mol. The number of rotatable bonds is 14. The molecule has 0 fully saturated rings. The zero-order valence-electron chi connectivity index (χ0n) is 51.7. The van der Waals surface area contributed by atoms with E-state index in [1.165, 1.54) is 94.6 Å². The van der Waals surface area contributed by atoms with Crippen molar-refractivity contribution in [3.63, 3.8) is 0 Å². The van der Waals surface area contributed by atoms with Crippen LogP contribution in [0.15, 0.2) is 370 Å². The summed E-state index contributed by atoms with van der Waals surface area (Å²) in [5.41, 5.74) is 27.8. The number of hydrogen-bond donors (Lipinski definition) is 3. The molecule has 91 heavy (non-hydrogen) atoms. The van der Waals surface area contributed by atoms with Crippen molar-refractivity contribution in [2.45, 2.75) is 26.2 Å². The maximum Gasteiger partial charge on any atom is 0.0384 e. The van der Waals surface area contributed by atoms with Gasteiger partial charge in [0.1, 0.15) is 0 Å². The lowest BCUT2D eigenvalue weighted by Crippen LogP contribution is -2.10. The molecule has 3 nitrogen and oxygen atoms in total. The largest absolute Gasteiger partial charge is 0.356 e. The zero-order valence-corrected chi connectivity index (χ0v) is 51.7. The molecule has 0 saturated heterocycles. The summed E-state index contributed by atoms with van der Waals surface area (Å²) in [4.78, 5) is 0. The van der Waals surface area contributed by atoms with Gasteiger partial charge < -0.3 is 16.0 Å². The highest BCUT2D eigenvalue weighted by atomic mass is 14.9. The van der Waals surface area contributed by atoms with Gasteiger partial charge in [-0.15, -0.1) is 0 Å². The van der Waals surface area contributed by atoms with E-state index in [0.29, 0.717) is 0 Å². The van der Waals surface area contributed by atoms with Gasteiger partial charge in [0, 0.05) is 34.1 Å². The molecule has 3 heteroatoms. The molecule has 440 valence electrons. The zero-order chi connectivity index (χ0) is 62.0. The Bertz CT molecular complexity index is 4400. The summed E-state index contributed by atoms with van der Waals surface area (Å²) in [6.45, 7) is 6.74. The highest BCUT2D eigenvalue weighted by Gasteiger charge is 2.14. The van der Waals surface area contributed by atoms with Gasteiger partial charge in [0.25, 0.3) is 0 Å². The highest BCUT2D eigenvalue weighted by Crippen LogP contribution is 2.37. The third kappa shape index (κ3) is 15.6. The number of benzene rings is 14. The molecule has 0 amide bonds. The Hall–Kier alpha value is -11.5. The molecule has 0 aliphatic heterocycles. The van der Waals surface area contributed by atoms with Crippen LogP contribution in [0, 0.1) is 0 Å². The molecular formula is C88H73N3. The summed E-state index contributed by atoms with van der Waals surface area (Å²) >= 11 is 0. The SMILES string of the molecule is CC(C)(C)c1ccc(-c2ccc(-c3ccc(Nc4ccccc4)cc3)cc2)cc1.c1ccc(-c2ccccc2-c2ccc(Nc3ccc(-c4ccccc4-c4ccccc4)cc3)cc2)cc1.c1ccc(Nc2ccc(-c3ccccc3-c3ccccc3)cc2)cc1. The second kappa shape index (κ2) is 29.0. The van der Waals surface area contributed by atoms with Gasteiger partial charge in [-0.25, -0.2) is 0 Å². The van der Waals surface area contributed by atoms with Crippen molar-refractivity contribution in [3.05, 3.63) is 376 Å². The lowest BCUT2D eigenvalue weighted by atomic mass is 9.86. The molecule has 0 radical (unpaired) electrons. The average Bonchev–Trinajstić information content (AvgIpc) is 2.35. The second-order valence-corrected chi connectivity index (χ2v) is 23.6. The predicted molar refractivity (Wildman–Crippen MR) is 391 cm³/mol. The summed E-state index contributed by atoms with van der Waals surface area (Å²) in [6, 6.07) is 130. The minimum atomic E-state index is 0.184. The Morgan fingerprint density at radius 1 is 0.154 bits per heavy atom. The van der Waals surface area contributed by atoms with Gasteiger partial charge in [0.15, 0.2) is 0 Å². The van der Waals surface area contributed by atoms with Crippen molar-refractivity contribution < 1.29 is 0 Å². The monoisotopic (exact) mass is 1170 g/mol. The summed E-state index contributed by atoms with van der Waals surface area (Å²) in [6.07, 6.45) is 0. The van der Waals surface area contributed by atoms with Gasteiger partial charge in [-0.05, 0) is 173 Å². The van der Waals surface area contributed by atoms with Crippen molar-refractivity contribution in [2.75, 3.05) is 16.0 Å². The van der Waals surface area contributed by atoms with Crippen LogP contribution in [-0.2, 0) is 5.41 Å². The molecule has 0 aliphatic rings. The van der Waals surface area contributed by atoms with Crippen molar-refractivity contribution in [3.8, 4) is 89.0 Å². The Morgan fingerprint density at radius 3 is 0.549 bits per heavy atom. The topological polar surface area (TPSA) is 36.1 Å². The van der Waals surface area contributed by atoms with E-state index in [0.717, 1.165) is 34.1 Å². The van der Waals surface area contributed by atoms with Crippen molar-refractivity contribution in [1.29, 1.82) is 0 Å². The molecule has 0 heterocycles. The van der Waals surface area contributed by atoms with E-state index in [1.807, 2.05) is 36.4 Å². The third-order valence-electron chi connectivity index (χ3n) is 16.2. The number of para-hydroxylation sites is 2. The van der Waals surface area contributed by atoms with Crippen LogP contribution in [0.2, 0.25) is 0 Å². The molecule has 14 aromatic rings. The number of anilines is 6. The normalized spacial score (nSPS) is 10.8. The first-order valence-corrected chi connectivity index (χ1v) is 31.2. The molecule has 14 rings (SSSR count). The molecule has 14 aromatic carbocycles. The minimum absolute atomic E-state index is 0.184. The molecule has 0 aromatic heterocycles. The van der Waals surface area contributed by atoms with Crippen LogP contribution >= 0.6 is 0 Å². The molecule has 0 spiro atoms. The fourth-order valence-electron chi connectivity index (χ4n) is 11.3. The summed E-state index contributed by atoms with van der Waals surface area (Å²) in [5.74, 6) is 0. The van der Waals surface area contributed by atoms with Crippen LogP contribution in [0.4, 0.5) is 34.1 Å². The maximum atomic E-state index is 3.55. The Labute approximate surface area is 537 Å². The van der Waals surface area contributed by atoms with Crippen LogP contribution < -0.4 is 16.0 Å². The van der Waals surface area contributed by atoms with Gasteiger partial charge in [-0.3, -0.25) is 0 Å². The molecule has 0 bridgehead atoms. The summed E-state index contributed by atoms with van der Waals surface area (Å²) < 4.78 is 0. The molecule has 0 saturated carbocycles. The predicted octanol–water partition coefficient (Wildman–Crippen LogP) is 24.9. The Balaban J connectivity index is 0.000000135. The van der Waals surface area contributed by atoms with Gasteiger partial charge in [0.2, 0.25) is 0 Å². The van der Waals surface area contributed by atoms with E-state index in [4.69, 9.17) is 0 Å². The smallest absolute Gasteiger partial charge is 0.0384 e. The van der Waals surface area contributed by atoms with Crippen LogP contribution in [0.5, 0.6) is 0 Å². The molecule has 0 atom stereocenters. The van der Waals surface area contributed by atoms with E-state index in [9.17, 15) is 0 Å². The van der Waals surface area contributed by atoms with Gasteiger partial charge in [-0.2, -0.15) is 0 Å². The van der Waals surface area contributed by atoms with E-state index in [-0.39, 0.29) is 5.41 Å². The highest BCUT2D eigenvalue weighted by molar-refractivity contribution is 5.87. The summed E-state index contributed by atoms with van der Waals surface area (Å²) in [5, 5.41) is 10.4.